The summed E-state index contributed by atoms with van der Waals surface area (Å²) in [7, 11) is 5.13. The Balaban J connectivity index is 3.68. The molecule has 1 rings (SSSR count). The Bertz CT molecular complexity index is 381. The van der Waals surface area contributed by atoms with Crippen molar-refractivity contribution in [3.05, 3.63) is 11.4 Å². The van der Waals surface area contributed by atoms with Gasteiger partial charge in [-0.3, -0.25) is 0 Å². The molecule has 5 heteroatoms. The summed E-state index contributed by atoms with van der Waals surface area (Å²) in [5.74, 6) is 0.0121. The Hall–Kier alpha value is -0.305. The zero-order valence-corrected chi connectivity index (χ0v) is 11.6. The van der Waals surface area contributed by atoms with Crippen molar-refractivity contribution in [2.24, 2.45) is 0 Å². The van der Waals surface area contributed by atoms with Crippen molar-refractivity contribution in [2.75, 3.05) is 18.8 Å². The normalized spacial score (nSPS) is 12.9. The third-order valence-electron chi connectivity index (χ3n) is 3.17. The maximum atomic E-state index is 14.2. The van der Waals surface area contributed by atoms with E-state index in [-0.39, 0.29) is 5.82 Å². The van der Waals surface area contributed by atoms with Crippen LogP contribution in [0.5, 0.6) is 0 Å². The minimum atomic E-state index is -1.00. The van der Waals surface area contributed by atoms with Crippen molar-refractivity contribution in [1.29, 1.82) is 0 Å². The minimum absolute atomic E-state index is 0.0121. The second-order valence-corrected chi connectivity index (χ2v) is 9.06. The molecule has 1 aromatic carbocycles. The molecule has 0 aliphatic carbocycles. The average molecular weight is 222 g/mol. The van der Waals surface area contributed by atoms with Gasteiger partial charge in [0.15, 0.2) is 0 Å². The summed E-state index contributed by atoms with van der Waals surface area (Å²) in [4.78, 5) is 0.947. The van der Waals surface area contributed by atoms with Crippen molar-refractivity contribution in [3.8, 4) is 0 Å². The fourth-order valence-corrected chi connectivity index (χ4v) is 3.72. The fourth-order valence-electron chi connectivity index (χ4n) is 1.96. The fraction of sp³-hybridized carbons (Fsp3) is 0.400. The maximum Gasteiger partial charge on any atom is 0.140 e. The van der Waals surface area contributed by atoms with Crippen LogP contribution in [0.3, 0.4) is 0 Å². The molecule has 0 N–H and O–H groups in total. The van der Waals surface area contributed by atoms with E-state index in [0.717, 1.165) is 21.4 Å². The van der Waals surface area contributed by atoms with E-state index in [0.29, 0.717) is 0 Å². The van der Waals surface area contributed by atoms with E-state index in [1.165, 1.54) is 5.46 Å². The standard InChI is InChI=1S/C10H18B3FS/c1-5-6(11)7(12)8(13)10(9(5)14)15(2,3)4/h11-13H2,1-4H3. The van der Waals surface area contributed by atoms with E-state index in [2.05, 4.69) is 26.6 Å². The zero-order valence-electron chi connectivity index (χ0n) is 10.8. The van der Waals surface area contributed by atoms with Gasteiger partial charge in [-0.05, 0) is 31.3 Å². The van der Waals surface area contributed by atoms with Crippen LogP contribution in [-0.4, -0.2) is 42.3 Å². The molecule has 0 aliphatic heterocycles. The first-order valence-corrected chi connectivity index (χ1v) is 7.98. The molecule has 0 amide bonds. The number of hydrogen-bond donors (Lipinski definition) is 0. The molecule has 0 heterocycles. The molecule has 0 unspecified atom stereocenters. The minimum Gasteiger partial charge on any atom is -0.221 e. The van der Waals surface area contributed by atoms with E-state index < -0.39 is 10.0 Å². The quantitative estimate of drug-likeness (QED) is 0.480. The SMILES string of the molecule is Bc1c(B)c(C)c(F)c(S(C)(C)C)c1B. The second-order valence-electron chi connectivity index (χ2n) is 4.98. The van der Waals surface area contributed by atoms with Crippen LogP contribution in [0.1, 0.15) is 5.56 Å². The molecular weight excluding hydrogens is 204 g/mol. The van der Waals surface area contributed by atoms with E-state index in [1.807, 2.05) is 22.6 Å². The Morgan fingerprint density at radius 3 is 1.80 bits per heavy atom. The van der Waals surface area contributed by atoms with Gasteiger partial charge in [0.2, 0.25) is 0 Å². The number of rotatable bonds is 1. The first-order chi connectivity index (χ1) is 6.68. The third kappa shape index (κ3) is 2.12. The summed E-state index contributed by atoms with van der Waals surface area (Å²) in [6.45, 7) is 1.88. The van der Waals surface area contributed by atoms with Gasteiger partial charge < -0.3 is 0 Å². The molecule has 0 fully saturated rings. The van der Waals surface area contributed by atoms with Crippen LogP contribution in [0.25, 0.3) is 0 Å². The van der Waals surface area contributed by atoms with E-state index in [4.69, 9.17) is 0 Å². The predicted molar refractivity (Wildman–Crippen MR) is 79.3 cm³/mol. The predicted octanol–water partition coefficient (Wildman–Crippen LogP) is -2.04. The van der Waals surface area contributed by atoms with Gasteiger partial charge in [0.25, 0.3) is 0 Å². The van der Waals surface area contributed by atoms with Crippen molar-refractivity contribution >= 4 is 50.0 Å². The molecule has 0 radical (unpaired) electrons. The molecule has 0 saturated carbocycles. The number of benzene rings is 1. The average Bonchev–Trinajstić information content (AvgIpc) is 2.09. The topological polar surface area (TPSA) is 0 Å². The van der Waals surface area contributed by atoms with Crippen molar-refractivity contribution in [3.63, 3.8) is 0 Å². The first-order valence-electron chi connectivity index (χ1n) is 5.12. The Kier molecular flexibility index (Phi) is 3.34. The van der Waals surface area contributed by atoms with E-state index >= 15 is 0 Å². The van der Waals surface area contributed by atoms with Crippen LogP contribution >= 0.6 is 10.0 Å². The smallest absolute Gasteiger partial charge is 0.140 e. The molecule has 0 spiro atoms. The van der Waals surface area contributed by atoms with Crippen LogP contribution < -0.4 is 16.4 Å². The van der Waals surface area contributed by atoms with Gasteiger partial charge in [-0.15, -0.1) is 0 Å². The van der Waals surface area contributed by atoms with Crippen LogP contribution in [0, 0.1) is 12.7 Å². The molecule has 0 aromatic heterocycles. The van der Waals surface area contributed by atoms with Crippen LogP contribution in [0.4, 0.5) is 4.39 Å². The molecule has 0 aliphatic rings. The van der Waals surface area contributed by atoms with Gasteiger partial charge in [-0.2, -0.15) is 0 Å². The van der Waals surface area contributed by atoms with E-state index in [1.54, 1.807) is 0 Å². The number of halogens is 1. The molecule has 0 atom stereocenters. The summed E-state index contributed by atoms with van der Waals surface area (Å²) < 4.78 is 14.2. The highest BCUT2D eigenvalue weighted by atomic mass is 32.3. The van der Waals surface area contributed by atoms with Gasteiger partial charge in [0, 0.05) is 4.90 Å². The highest BCUT2D eigenvalue weighted by Crippen LogP contribution is 2.45. The van der Waals surface area contributed by atoms with Crippen molar-refractivity contribution < 1.29 is 4.39 Å². The Morgan fingerprint density at radius 2 is 1.40 bits per heavy atom. The first kappa shape index (κ1) is 12.8. The third-order valence-corrected chi connectivity index (χ3v) is 4.88. The van der Waals surface area contributed by atoms with Crippen LogP contribution in [-0.2, 0) is 0 Å². The lowest BCUT2D eigenvalue weighted by atomic mass is 9.70. The lowest BCUT2D eigenvalue weighted by molar-refractivity contribution is 0.596. The van der Waals surface area contributed by atoms with Gasteiger partial charge >= 0.3 is 0 Å². The molecular formula is C10H18B3FS. The highest BCUT2D eigenvalue weighted by Gasteiger charge is 2.20. The lowest BCUT2D eigenvalue weighted by Gasteiger charge is -2.31. The van der Waals surface area contributed by atoms with Crippen LogP contribution in [0.2, 0.25) is 0 Å². The molecule has 15 heavy (non-hydrogen) atoms. The van der Waals surface area contributed by atoms with Gasteiger partial charge in [0.1, 0.15) is 29.4 Å². The Morgan fingerprint density at radius 1 is 0.933 bits per heavy atom. The summed E-state index contributed by atoms with van der Waals surface area (Å²) in [6.07, 6.45) is 6.44. The summed E-state index contributed by atoms with van der Waals surface area (Å²) >= 11 is 0. The summed E-state index contributed by atoms with van der Waals surface area (Å²) in [5, 5.41) is 0. The maximum absolute atomic E-state index is 14.2. The molecule has 0 bridgehead atoms. The van der Waals surface area contributed by atoms with Crippen molar-refractivity contribution in [2.45, 2.75) is 11.8 Å². The monoisotopic (exact) mass is 222 g/mol. The van der Waals surface area contributed by atoms with Crippen LogP contribution in [0.15, 0.2) is 4.90 Å². The zero-order chi connectivity index (χ0) is 12.0. The summed E-state index contributed by atoms with van der Waals surface area (Å²) in [6, 6.07) is 0. The molecule has 80 valence electrons. The van der Waals surface area contributed by atoms with Gasteiger partial charge in [-0.25, -0.2) is 14.4 Å². The highest BCUT2D eigenvalue weighted by molar-refractivity contribution is 8.32. The van der Waals surface area contributed by atoms with E-state index in [9.17, 15) is 4.39 Å². The number of hydrogen-bond acceptors (Lipinski definition) is 0. The van der Waals surface area contributed by atoms with Crippen molar-refractivity contribution in [1.82, 2.24) is 0 Å². The lowest BCUT2D eigenvalue weighted by Crippen LogP contribution is -2.43. The molecule has 0 nitrogen and oxygen atoms in total. The largest absolute Gasteiger partial charge is 0.221 e. The molecule has 1 aromatic rings. The second kappa shape index (κ2) is 3.93. The molecule has 0 saturated heterocycles. The summed E-state index contributed by atoms with van der Waals surface area (Å²) in [5.41, 5.74) is 4.29. The van der Waals surface area contributed by atoms with Gasteiger partial charge in [-0.1, -0.05) is 16.4 Å². The Labute approximate surface area is 96.6 Å². The van der Waals surface area contributed by atoms with Gasteiger partial charge in [0.05, 0.1) is 0 Å².